The Morgan fingerprint density at radius 2 is 1.71 bits per heavy atom. The third-order valence-electron chi connectivity index (χ3n) is 6.11. The Bertz CT molecular complexity index is 1500. The Morgan fingerprint density at radius 1 is 1.00 bits per heavy atom. The molecule has 3 heterocycles. The van der Waals surface area contributed by atoms with Crippen LogP contribution in [-0.2, 0) is 20.3 Å². The molecule has 4 aromatic rings. The van der Waals surface area contributed by atoms with Crippen LogP contribution in [0.3, 0.4) is 0 Å². The number of hydrogen-bond donors (Lipinski definition) is 0. The summed E-state index contributed by atoms with van der Waals surface area (Å²) in [6.45, 7) is 3.51. The fourth-order valence-electron chi connectivity index (χ4n) is 4.17. The number of para-hydroxylation sites is 1. The highest BCUT2D eigenvalue weighted by atomic mass is 79.9. The third kappa shape index (κ3) is 5.57. The van der Waals surface area contributed by atoms with E-state index >= 15 is 0 Å². The van der Waals surface area contributed by atoms with Crippen molar-refractivity contribution in [1.29, 1.82) is 0 Å². The molecule has 1 aromatic carbocycles. The number of sulfone groups is 1. The molecule has 0 spiro atoms. The van der Waals surface area contributed by atoms with Gasteiger partial charge in [-0.15, -0.1) is 10.2 Å². The number of methoxy groups -OCH3 is 3. The first-order chi connectivity index (χ1) is 18.2. The molecule has 0 bridgehead atoms. The van der Waals surface area contributed by atoms with E-state index in [1.54, 1.807) is 60.4 Å². The number of aryl methyl sites for hydroxylation is 1. The van der Waals surface area contributed by atoms with Crippen molar-refractivity contribution in [2.75, 3.05) is 21.3 Å². The maximum Gasteiger partial charge on any atom is 0.170 e. The second kappa shape index (κ2) is 11.6. The maximum absolute atomic E-state index is 13.8. The van der Waals surface area contributed by atoms with Crippen LogP contribution >= 0.6 is 15.9 Å². The molecule has 3 aromatic heterocycles. The zero-order valence-corrected chi connectivity index (χ0v) is 24.0. The van der Waals surface area contributed by atoms with Crippen LogP contribution in [-0.4, -0.2) is 59.7 Å². The summed E-state index contributed by atoms with van der Waals surface area (Å²) in [5.41, 5.74) is 2.56. The molecule has 38 heavy (non-hydrogen) atoms. The second-order valence-corrected chi connectivity index (χ2v) is 11.9. The van der Waals surface area contributed by atoms with E-state index in [0.717, 1.165) is 10.0 Å². The minimum Gasteiger partial charge on any atom is -0.494 e. The topological polar surface area (TPSA) is 118 Å². The second-order valence-electron chi connectivity index (χ2n) is 8.61. The average Bonchev–Trinajstić information content (AvgIpc) is 3.31. The fourth-order valence-corrected chi connectivity index (χ4v) is 5.84. The first kappa shape index (κ1) is 27.7. The van der Waals surface area contributed by atoms with E-state index < -0.39 is 26.9 Å². The number of halogens is 1. The Balaban J connectivity index is 1.84. The summed E-state index contributed by atoms with van der Waals surface area (Å²) in [7, 11) is 0.699. The van der Waals surface area contributed by atoms with Gasteiger partial charge in [0.15, 0.2) is 21.5 Å². The van der Waals surface area contributed by atoms with Gasteiger partial charge < -0.3 is 14.2 Å². The van der Waals surface area contributed by atoms with Crippen LogP contribution in [0.5, 0.6) is 11.5 Å². The number of pyridine rings is 2. The third-order valence-corrected chi connectivity index (χ3v) is 8.62. The van der Waals surface area contributed by atoms with Crippen LogP contribution in [0, 0.1) is 6.92 Å². The van der Waals surface area contributed by atoms with Crippen molar-refractivity contribution in [3.8, 4) is 28.6 Å². The number of benzene rings is 1. The lowest BCUT2D eigenvalue weighted by atomic mass is 10.2. The molecule has 0 fully saturated rings. The Kier molecular flexibility index (Phi) is 8.44. The van der Waals surface area contributed by atoms with Crippen LogP contribution in [0.1, 0.15) is 30.1 Å². The standard InChI is InChI=1S/C26H28BrN5O5S/c1-16-11-18(13-28-12-16)26-31-30-23(32(26)24-21(35-3)7-6-8-22(24)36-4)15-38(33,34)17(2)25(37-5)20-10-9-19(27)14-29-20/h6-14,17,25H,15H2,1-5H3/t17-,25-/m0/s1. The number of rotatable bonds is 10. The molecule has 0 amide bonds. The van der Waals surface area contributed by atoms with Gasteiger partial charge in [-0.1, -0.05) is 6.07 Å². The lowest BCUT2D eigenvalue weighted by Gasteiger charge is -2.23. The predicted octanol–water partition coefficient (Wildman–Crippen LogP) is 4.50. The number of nitrogens with zero attached hydrogens (tertiary/aromatic N) is 5. The van der Waals surface area contributed by atoms with Crippen molar-refractivity contribution in [1.82, 2.24) is 24.7 Å². The molecular formula is C26H28BrN5O5S. The molecule has 2 atom stereocenters. The molecule has 0 aliphatic rings. The van der Waals surface area contributed by atoms with Gasteiger partial charge in [0.05, 0.1) is 25.2 Å². The van der Waals surface area contributed by atoms with Crippen LogP contribution in [0.15, 0.2) is 59.5 Å². The highest BCUT2D eigenvalue weighted by Gasteiger charge is 2.34. The smallest absolute Gasteiger partial charge is 0.170 e. The Hall–Kier alpha value is -3.35. The van der Waals surface area contributed by atoms with Gasteiger partial charge in [0.1, 0.15) is 29.0 Å². The number of hydrogen-bond acceptors (Lipinski definition) is 9. The van der Waals surface area contributed by atoms with Crippen LogP contribution < -0.4 is 9.47 Å². The zero-order chi connectivity index (χ0) is 27.4. The molecule has 4 rings (SSSR count). The van der Waals surface area contributed by atoms with Gasteiger partial charge in [0, 0.05) is 35.7 Å². The summed E-state index contributed by atoms with van der Waals surface area (Å²) in [5.74, 6) is 1.10. The molecule has 0 saturated heterocycles. The van der Waals surface area contributed by atoms with Gasteiger partial charge in [-0.05, 0) is 65.7 Å². The highest BCUT2D eigenvalue weighted by molar-refractivity contribution is 9.10. The number of ether oxygens (including phenoxy) is 3. The quantitative estimate of drug-likeness (QED) is 0.259. The molecule has 0 aliphatic heterocycles. The van der Waals surface area contributed by atoms with E-state index in [2.05, 4.69) is 36.1 Å². The lowest BCUT2D eigenvalue weighted by molar-refractivity contribution is 0.0987. The van der Waals surface area contributed by atoms with E-state index in [9.17, 15) is 8.42 Å². The SMILES string of the molecule is COc1cccc(OC)c1-n1c(CS(=O)(=O)[C@@H](C)[C@H](OC)c2ccc(Br)cn2)nnc1-c1cncc(C)c1. The highest BCUT2D eigenvalue weighted by Crippen LogP contribution is 2.37. The van der Waals surface area contributed by atoms with Gasteiger partial charge in [-0.3, -0.25) is 14.5 Å². The molecule has 12 heteroatoms. The largest absolute Gasteiger partial charge is 0.494 e. The van der Waals surface area contributed by atoms with Crippen molar-refractivity contribution >= 4 is 25.8 Å². The first-order valence-corrected chi connectivity index (χ1v) is 14.1. The average molecular weight is 603 g/mol. The molecule has 200 valence electrons. The van der Waals surface area contributed by atoms with Crippen molar-refractivity contribution in [2.45, 2.75) is 31.0 Å². The maximum atomic E-state index is 13.8. The van der Waals surface area contributed by atoms with Crippen molar-refractivity contribution in [3.63, 3.8) is 0 Å². The van der Waals surface area contributed by atoms with Crippen molar-refractivity contribution in [2.24, 2.45) is 0 Å². The van der Waals surface area contributed by atoms with E-state index in [4.69, 9.17) is 14.2 Å². The summed E-state index contributed by atoms with van der Waals surface area (Å²) in [6, 6.07) is 10.7. The molecular weight excluding hydrogens is 574 g/mol. The molecule has 10 nitrogen and oxygen atoms in total. The molecule has 0 saturated carbocycles. The van der Waals surface area contributed by atoms with Gasteiger partial charge >= 0.3 is 0 Å². The van der Waals surface area contributed by atoms with Gasteiger partial charge in [-0.25, -0.2) is 8.42 Å². The fraction of sp³-hybridized carbons (Fsp3) is 0.308. The normalized spacial score (nSPS) is 13.2. The Morgan fingerprint density at radius 3 is 2.29 bits per heavy atom. The summed E-state index contributed by atoms with van der Waals surface area (Å²) in [4.78, 5) is 8.62. The molecule has 0 N–H and O–H groups in total. The number of aromatic nitrogens is 5. The predicted molar refractivity (Wildman–Crippen MR) is 146 cm³/mol. The Labute approximate surface area is 230 Å². The lowest BCUT2D eigenvalue weighted by Crippen LogP contribution is -2.29. The zero-order valence-electron chi connectivity index (χ0n) is 21.6. The van der Waals surface area contributed by atoms with E-state index in [0.29, 0.717) is 34.3 Å². The van der Waals surface area contributed by atoms with Gasteiger partial charge in [-0.2, -0.15) is 0 Å². The monoisotopic (exact) mass is 601 g/mol. The van der Waals surface area contributed by atoms with E-state index in [1.807, 2.05) is 13.0 Å². The van der Waals surface area contributed by atoms with Crippen LogP contribution in [0.2, 0.25) is 0 Å². The summed E-state index contributed by atoms with van der Waals surface area (Å²) < 4.78 is 46.8. The van der Waals surface area contributed by atoms with Crippen molar-refractivity contribution < 1.29 is 22.6 Å². The molecule has 0 aliphatic carbocycles. The van der Waals surface area contributed by atoms with Crippen molar-refractivity contribution in [3.05, 3.63) is 76.5 Å². The van der Waals surface area contributed by atoms with E-state index in [1.165, 1.54) is 21.3 Å². The van der Waals surface area contributed by atoms with E-state index in [-0.39, 0.29) is 5.82 Å². The molecule has 0 radical (unpaired) electrons. The minimum absolute atomic E-state index is 0.190. The summed E-state index contributed by atoms with van der Waals surface area (Å²) in [5, 5.41) is 7.76. The van der Waals surface area contributed by atoms with Gasteiger partial charge in [0.25, 0.3) is 0 Å². The minimum atomic E-state index is -3.83. The van der Waals surface area contributed by atoms with Crippen LogP contribution in [0.4, 0.5) is 0 Å². The summed E-state index contributed by atoms with van der Waals surface area (Å²) in [6.07, 6.45) is 4.19. The summed E-state index contributed by atoms with van der Waals surface area (Å²) >= 11 is 3.35. The van der Waals surface area contributed by atoms with Gasteiger partial charge in [0.2, 0.25) is 0 Å². The van der Waals surface area contributed by atoms with Crippen LogP contribution in [0.25, 0.3) is 17.1 Å². The molecule has 0 unspecified atom stereocenters. The first-order valence-electron chi connectivity index (χ1n) is 11.6.